The summed E-state index contributed by atoms with van der Waals surface area (Å²) >= 11 is 0. The van der Waals surface area contributed by atoms with Gasteiger partial charge in [0, 0.05) is 25.0 Å². The summed E-state index contributed by atoms with van der Waals surface area (Å²) in [4.78, 5) is 0. The van der Waals surface area contributed by atoms with E-state index in [1.807, 2.05) is 13.8 Å². The molecule has 1 atom stereocenters. The third-order valence-corrected chi connectivity index (χ3v) is 3.72. The largest absolute Gasteiger partial charge is 0.354 e. The number of nitriles is 1. The third kappa shape index (κ3) is 5.38. The minimum absolute atomic E-state index is 0.204. The van der Waals surface area contributed by atoms with Gasteiger partial charge in [-0.15, -0.1) is 0 Å². The van der Waals surface area contributed by atoms with E-state index < -0.39 is 0 Å². The Balaban J connectivity index is 2.52. The fourth-order valence-corrected chi connectivity index (χ4v) is 2.49. The van der Waals surface area contributed by atoms with Crippen LogP contribution in [0.4, 0.5) is 0 Å². The summed E-state index contributed by atoms with van der Waals surface area (Å²) < 4.78 is 2.25. The zero-order valence-corrected chi connectivity index (χ0v) is 13.4. The highest BCUT2D eigenvalue weighted by molar-refractivity contribution is 5.15. The van der Waals surface area contributed by atoms with Gasteiger partial charge in [0.15, 0.2) is 0 Å². The van der Waals surface area contributed by atoms with E-state index in [0.29, 0.717) is 6.04 Å². The smallest absolute Gasteiger partial charge is 0.0683 e. The lowest BCUT2D eigenvalue weighted by atomic mass is 9.90. The summed E-state index contributed by atoms with van der Waals surface area (Å²) in [6, 6.07) is 5.06. The Morgan fingerprint density at radius 3 is 2.75 bits per heavy atom. The number of hydrogen-bond donors (Lipinski definition) is 1. The van der Waals surface area contributed by atoms with E-state index in [2.05, 4.69) is 48.3 Å². The van der Waals surface area contributed by atoms with Gasteiger partial charge in [0.05, 0.1) is 11.5 Å². The Bertz CT molecular complexity index is 420. The molecule has 0 fully saturated rings. The molecular weight excluding hydrogens is 246 g/mol. The molecule has 1 aromatic heterocycles. The van der Waals surface area contributed by atoms with Gasteiger partial charge >= 0.3 is 0 Å². The van der Waals surface area contributed by atoms with Gasteiger partial charge in [-0.1, -0.05) is 20.3 Å². The Kier molecular flexibility index (Phi) is 6.81. The van der Waals surface area contributed by atoms with Crippen LogP contribution in [0.5, 0.6) is 0 Å². The predicted octanol–water partition coefficient (Wildman–Crippen LogP) is 4.27. The molecule has 0 radical (unpaired) electrons. The maximum atomic E-state index is 9.02. The molecule has 20 heavy (non-hydrogen) atoms. The summed E-state index contributed by atoms with van der Waals surface area (Å²) in [7, 11) is 0. The molecule has 0 bridgehead atoms. The summed E-state index contributed by atoms with van der Waals surface area (Å²) in [6.45, 7) is 10.4. The van der Waals surface area contributed by atoms with Gasteiger partial charge in [-0.2, -0.15) is 5.26 Å². The normalized spacial score (nSPS) is 13.2. The van der Waals surface area contributed by atoms with Crippen molar-refractivity contribution in [2.45, 2.75) is 66.0 Å². The van der Waals surface area contributed by atoms with Crippen molar-refractivity contribution < 1.29 is 0 Å². The minimum atomic E-state index is -0.204. The van der Waals surface area contributed by atoms with Crippen LogP contribution in [0, 0.1) is 16.7 Å². The molecule has 1 heterocycles. The van der Waals surface area contributed by atoms with Crippen molar-refractivity contribution in [3.63, 3.8) is 0 Å². The number of nitrogens with one attached hydrogen (secondary N) is 1. The van der Waals surface area contributed by atoms with Crippen molar-refractivity contribution in [3.05, 3.63) is 24.0 Å². The summed E-state index contributed by atoms with van der Waals surface area (Å²) in [6.07, 6.45) is 8.78. The molecule has 0 saturated heterocycles. The van der Waals surface area contributed by atoms with Gasteiger partial charge < -0.3 is 9.88 Å². The number of aryl methyl sites for hydroxylation is 1. The van der Waals surface area contributed by atoms with Crippen molar-refractivity contribution in [1.29, 1.82) is 5.26 Å². The topological polar surface area (TPSA) is 40.8 Å². The maximum absolute atomic E-state index is 9.02. The van der Waals surface area contributed by atoms with Crippen molar-refractivity contribution in [2.75, 3.05) is 6.54 Å². The van der Waals surface area contributed by atoms with Crippen LogP contribution in [-0.2, 0) is 6.54 Å². The van der Waals surface area contributed by atoms with E-state index in [9.17, 15) is 0 Å². The molecule has 1 N–H and O–H groups in total. The Hall–Kier alpha value is -1.27. The van der Waals surface area contributed by atoms with Gasteiger partial charge in [-0.3, -0.25) is 0 Å². The SMILES string of the molecule is CCCC(NCC)c1ccn(CCCC(C)(C)C#N)c1. The van der Waals surface area contributed by atoms with E-state index >= 15 is 0 Å². The van der Waals surface area contributed by atoms with Crippen LogP contribution in [-0.4, -0.2) is 11.1 Å². The highest BCUT2D eigenvalue weighted by atomic mass is 15.0. The molecule has 3 nitrogen and oxygen atoms in total. The average Bonchev–Trinajstić information content (AvgIpc) is 2.87. The van der Waals surface area contributed by atoms with Gasteiger partial charge in [-0.05, 0) is 51.3 Å². The van der Waals surface area contributed by atoms with Crippen LogP contribution >= 0.6 is 0 Å². The van der Waals surface area contributed by atoms with Crippen LogP contribution in [0.1, 0.15) is 65.0 Å². The zero-order valence-electron chi connectivity index (χ0n) is 13.4. The molecule has 0 aliphatic rings. The minimum Gasteiger partial charge on any atom is -0.354 e. The molecule has 0 aliphatic heterocycles. The first-order valence-corrected chi connectivity index (χ1v) is 7.82. The van der Waals surface area contributed by atoms with Gasteiger partial charge in [0.25, 0.3) is 0 Å². The third-order valence-electron chi connectivity index (χ3n) is 3.72. The average molecular weight is 275 g/mol. The monoisotopic (exact) mass is 275 g/mol. The van der Waals surface area contributed by atoms with E-state index in [0.717, 1.165) is 25.9 Å². The maximum Gasteiger partial charge on any atom is 0.0683 e. The second-order valence-electron chi connectivity index (χ2n) is 6.18. The first-order valence-electron chi connectivity index (χ1n) is 7.82. The molecular formula is C17H29N3. The van der Waals surface area contributed by atoms with Crippen molar-refractivity contribution in [1.82, 2.24) is 9.88 Å². The molecule has 3 heteroatoms. The van der Waals surface area contributed by atoms with E-state index in [4.69, 9.17) is 5.26 Å². The van der Waals surface area contributed by atoms with Crippen molar-refractivity contribution in [3.8, 4) is 6.07 Å². The van der Waals surface area contributed by atoms with Crippen LogP contribution < -0.4 is 5.32 Å². The van der Waals surface area contributed by atoms with E-state index in [1.165, 1.54) is 18.4 Å². The highest BCUT2D eigenvalue weighted by Crippen LogP contribution is 2.22. The lowest BCUT2D eigenvalue weighted by molar-refractivity contribution is 0.415. The number of rotatable bonds is 9. The number of aromatic nitrogens is 1. The number of hydrogen-bond acceptors (Lipinski definition) is 2. The molecule has 0 aliphatic carbocycles. The molecule has 0 spiro atoms. The first-order chi connectivity index (χ1) is 9.52. The molecule has 1 unspecified atom stereocenters. The molecule has 0 aromatic carbocycles. The summed E-state index contributed by atoms with van der Waals surface area (Å²) in [5, 5.41) is 12.6. The molecule has 0 saturated carbocycles. The van der Waals surface area contributed by atoms with E-state index in [1.54, 1.807) is 0 Å². The molecule has 1 rings (SSSR count). The van der Waals surface area contributed by atoms with Crippen molar-refractivity contribution >= 4 is 0 Å². The summed E-state index contributed by atoms with van der Waals surface area (Å²) in [5.74, 6) is 0. The zero-order chi connectivity index (χ0) is 15.0. The molecule has 1 aromatic rings. The fourth-order valence-electron chi connectivity index (χ4n) is 2.49. The van der Waals surface area contributed by atoms with Crippen LogP contribution in [0.25, 0.3) is 0 Å². The quantitative estimate of drug-likeness (QED) is 0.731. The van der Waals surface area contributed by atoms with Gasteiger partial charge in [0.1, 0.15) is 0 Å². The van der Waals surface area contributed by atoms with Crippen LogP contribution in [0.3, 0.4) is 0 Å². The van der Waals surface area contributed by atoms with E-state index in [-0.39, 0.29) is 5.41 Å². The highest BCUT2D eigenvalue weighted by Gasteiger charge is 2.16. The van der Waals surface area contributed by atoms with Gasteiger partial charge in [-0.25, -0.2) is 0 Å². The predicted molar refractivity (Wildman–Crippen MR) is 84.4 cm³/mol. The lowest BCUT2D eigenvalue weighted by Gasteiger charge is -2.16. The Morgan fingerprint density at radius 1 is 1.40 bits per heavy atom. The second-order valence-corrected chi connectivity index (χ2v) is 6.18. The summed E-state index contributed by atoms with van der Waals surface area (Å²) in [5.41, 5.74) is 1.18. The van der Waals surface area contributed by atoms with Crippen LogP contribution in [0.2, 0.25) is 0 Å². The lowest BCUT2D eigenvalue weighted by Crippen LogP contribution is -2.20. The number of nitrogens with zero attached hydrogens (tertiary/aromatic N) is 2. The first kappa shape index (κ1) is 16.8. The standard InChI is InChI=1S/C17H29N3/c1-5-8-16(19-6-2)15-9-12-20(13-15)11-7-10-17(3,4)14-18/h9,12-13,16,19H,5-8,10-11H2,1-4H3. The molecule has 0 amide bonds. The Labute approximate surface area is 124 Å². The second kappa shape index (κ2) is 8.11. The van der Waals surface area contributed by atoms with Crippen LogP contribution in [0.15, 0.2) is 18.5 Å². The fraction of sp³-hybridized carbons (Fsp3) is 0.706. The molecule has 112 valence electrons. The Morgan fingerprint density at radius 2 is 2.15 bits per heavy atom. The van der Waals surface area contributed by atoms with Crippen molar-refractivity contribution in [2.24, 2.45) is 5.41 Å². The van der Waals surface area contributed by atoms with Gasteiger partial charge in [0.2, 0.25) is 0 Å².